The van der Waals surface area contributed by atoms with Crippen LogP contribution in [0.4, 0.5) is 5.82 Å². The minimum Gasteiger partial charge on any atom is -0.379 e. The molecule has 1 saturated heterocycles. The zero-order chi connectivity index (χ0) is 12.8. The fourth-order valence-corrected chi connectivity index (χ4v) is 2.08. The molecular formula is C12H19ClN4O. The fourth-order valence-electron chi connectivity index (χ4n) is 1.88. The van der Waals surface area contributed by atoms with E-state index in [1.165, 1.54) is 0 Å². The molecule has 2 heterocycles. The molecule has 100 valence electrons. The molecule has 1 aromatic heterocycles. The van der Waals surface area contributed by atoms with Crippen LogP contribution in [-0.2, 0) is 11.2 Å². The smallest absolute Gasteiger partial charge is 0.134 e. The minimum atomic E-state index is 0.496. The lowest BCUT2D eigenvalue weighted by atomic mass is 10.4. The van der Waals surface area contributed by atoms with Gasteiger partial charge in [0.1, 0.15) is 16.8 Å². The molecule has 1 N–H and O–H groups in total. The second-order valence-electron chi connectivity index (χ2n) is 4.23. The summed E-state index contributed by atoms with van der Waals surface area (Å²) in [6.45, 7) is 7.55. The van der Waals surface area contributed by atoms with Gasteiger partial charge in [0.2, 0.25) is 0 Å². The summed E-state index contributed by atoms with van der Waals surface area (Å²) in [6, 6.07) is 1.76. The second-order valence-corrected chi connectivity index (χ2v) is 4.61. The molecule has 18 heavy (non-hydrogen) atoms. The average Bonchev–Trinajstić information content (AvgIpc) is 2.39. The largest absolute Gasteiger partial charge is 0.379 e. The van der Waals surface area contributed by atoms with Crippen molar-refractivity contribution in [2.75, 3.05) is 44.7 Å². The SMILES string of the molecule is CCc1nc(Cl)cc(NCCN2CCOCC2)n1. The van der Waals surface area contributed by atoms with Gasteiger partial charge in [0, 0.05) is 38.7 Å². The highest BCUT2D eigenvalue weighted by Gasteiger charge is 2.09. The van der Waals surface area contributed by atoms with E-state index in [1.807, 2.05) is 6.92 Å². The van der Waals surface area contributed by atoms with Crippen molar-refractivity contribution in [2.45, 2.75) is 13.3 Å². The molecule has 2 rings (SSSR count). The van der Waals surface area contributed by atoms with E-state index in [0.29, 0.717) is 5.15 Å². The Labute approximate surface area is 113 Å². The van der Waals surface area contributed by atoms with Crippen LogP contribution in [0.1, 0.15) is 12.7 Å². The molecule has 1 aromatic rings. The number of halogens is 1. The van der Waals surface area contributed by atoms with Crippen molar-refractivity contribution >= 4 is 17.4 Å². The van der Waals surface area contributed by atoms with E-state index in [0.717, 1.165) is 57.5 Å². The normalized spacial score (nSPS) is 16.8. The molecule has 0 amide bonds. The highest BCUT2D eigenvalue weighted by molar-refractivity contribution is 6.29. The molecule has 6 heteroatoms. The van der Waals surface area contributed by atoms with Gasteiger partial charge in [-0.2, -0.15) is 0 Å². The summed E-state index contributed by atoms with van der Waals surface area (Å²) >= 11 is 5.94. The number of nitrogens with one attached hydrogen (secondary N) is 1. The predicted octanol–water partition coefficient (Wildman–Crippen LogP) is 1.44. The van der Waals surface area contributed by atoms with Crippen molar-refractivity contribution in [3.05, 3.63) is 17.0 Å². The number of aromatic nitrogens is 2. The lowest BCUT2D eigenvalue weighted by Gasteiger charge is -2.26. The van der Waals surface area contributed by atoms with Gasteiger partial charge in [0.15, 0.2) is 0 Å². The molecule has 0 saturated carbocycles. The van der Waals surface area contributed by atoms with Crippen molar-refractivity contribution in [1.29, 1.82) is 0 Å². The Balaban J connectivity index is 1.80. The van der Waals surface area contributed by atoms with Gasteiger partial charge in [-0.25, -0.2) is 9.97 Å². The van der Waals surface area contributed by atoms with Gasteiger partial charge < -0.3 is 10.1 Å². The van der Waals surface area contributed by atoms with Crippen LogP contribution in [0.25, 0.3) is 0 Å². The zero-order valence-corrected chi connectivity index (χ0v) is 11.4. The molecule has 0 bridgehead atoms. The molecule has 5 nitrogen and oxygen atoms in total. The zero-order valence-electron chi connectivity index (χ0n) is 10.7. The average molecular weight is 271 g/mol. The van der Waals surface area contributed by atoms with E-state index in [1.54, 1.807) is 6.07 Å². The Morgan fingerprint density at radius 3 is 2.89 bits per heavy atom. The Morgan fingerprint density at radius 2 is 2.17 bits per heavy atom. The number of anilines is 1. The van der Waals surface area contributed by atoms with E-state index in [9.17, 15) is 0 Å². The van der Waals surface area contributed by atoms with Gasteiger partial charge in [0.25, 0.3) is 0 Å². The Bertz CT molecular complexity index is 382. The van der Waals surface area contributed by atoms with Gasteiger partial charge in [-0.3, -0.25) is 4.90 Å². The van der Waals surface area contributed by atoms with Crippen LogP contribution >= 0.6 is 11.6 Å². The summed E-state index contributed by atoms with van der Waals surface area (Å²) in [5, 5.41) is 3.79. The molecule has 1 aliphatic rings. The van der Waals surface area contributed by atoms with Crippen LogP contribution in [0.15, 0.2) is 6.07 Å². The molecular weight excluding hydrogens is 252 g/mol. The maximum atomic E-state index is 5.94. The van der Waals surface area contributed by atoms with Crippen molar-refractivity contribution in [3.63, 3.8) is 0 Å². The van der Waals surface area contributed by atoms with E-state index in [2.05, 4.69) is 20.2 Å². The number of hydrogen-bond acceptors (Lipinski definition) is 5. The lowest BCUT2D eigenvalue weighted by Crippen LogP contribution is -2.39. The van der Waals surface area contributed by atoms with Crippen LogP contribution in [0, 0.1) is 0 Å². The van der Waals surface area contributed by atoms with E-state index in [-0.39, 0.29) is 0 Å². The highest BCUT2D eigenvalue weighted by Crippen LogP contribution is 2.11. The third-order valence-corrected chi connectivity index (χ3v) is 3.09. The van der Waals surface area contributed by atoms with Crippen LogP contribution in [0.3, 0.4) is 0 Å². The first-order chi connectivity index (χ1) is 8.78. The highest BCUT2D eigenvalue weighted by atomic mass is 35.5. The van der Waals surface area contributed by atoms with Crippen LogP contribution in [0.5, 0.6) is 0 Å². The van der Waals surface area contributed by atoms with Crippen molar-refractivity contribution in [3.8, 4) is 0 Å². The number of rotatable bonds is 5. The molecule has 0 unspecified atom stereocenters. The van der Waals surface area contributed by atoms with Gasteiger partial charge in [-0.1, -0.05) is 18.5 Å². The molecule has 1 fully saturated rings. The minimum absolute atomic E-state index is 0.496. The topological polar surface area (TPSA) is 50.3 Å². The molecule has 1 aliphatic heterocycles. The second kappa shape index (κ2) is 6.87. The molecule has 0 aliphatic carbocycles. The number of hydrogen-bond donors (Lipinski definition) is 1. The summed E-state index contributed by atoms with van der Waals surface area (Å²) < 4.78 is 5.31. The van der Waals surface area contributed by atoms with E-state index < -0.39 is 0 Å². The van der Waals surface area contributed by atoms with Crippen LogP contribution in [-0.4, -0.2) is 54.3 Å². The first-order valence-corrected chi connectivity index (χ1v) is 6.73. The third-order valence-electron chi connectivity index (χ3n) is 2.90. The van der Waals surface area contributed by atoms with Crippen molar-refractivity contribution in [2.24, 2.45) is 0 Å². The van der Waals surface area contributed by atoms with Crippen molar-refractivity contribution in [1.82, 2.24) is 14.9 Å². The van der Waals surface area contributed by atoms with E-state index in [4.69, 9.17) is 16.3 Å². The quantitative estimate of drug-likeness (QED) is 0.821. The van der Waals surface area contributed by atoms with Gasteiger partial charge in [-0.05, 0) is 0 Å². The molecule has 0 atom stereocenters. The first kappa shape index (κ1) is 13.5. The number of aryl methyl sites for hydroxylation is 1. The van der Waals surface area contributed by atoms with Crippen LogP contribution in [0.2, 0.25) is 5.15 Å². The summed E-state index contributed by atoms with van der Waals surface area (Å²) in [5.74, 6) is 1.58. The van der Waals surface area contributed by atoms with Crippen LogP contribution < -0.4 is 5.32 Å². The van der Waals surface area contributed by atoms with Gasteiger partial charge >= 0.3 is 0 Å². The first-order valence-electron chi connectivity index (χ1n) is 6.35. The maximum absolute atomic E-state index is 5.94. The number of morpholine rings is 1. The van der Waals surface area contributed by atoms with Crippen molar-refractivity contribution < 1.29 is 4.74 Å². The molecule has 0 radical (unpaired) electrons. The van der Waals surface area contributed by atoms with Gasteiger partial charge in [-0.15, -0.1) is 0 Å². The van der Waals surface area contributed by atoms with E-state index >= 15 is 0 Å². The standard InChI is InChI=1S/C12H19ClN4O/c1-2-11-15-10(13)9-12(16-11)14-3-4-17-5-7-18-8-6-17/h9H,2-8H2,1H3,(H,14,15,16). The maximum Gasteiger partial charge on any atom is 0.134 e. The third kappa shape index (κ3) is 4.08. The Morgan fingerprint density at radius 1 is 1.39 bits per heavy atom. The Hall–Kier alpha value is -0.910. The molecule has 0 spiro atoms. The lowest BCUT2D eigenvalue weighted by molar-refractivity contribution is 0.0398. The number of nitrogens with zero attached hydrogens (tertiary/aromatic N) is 3. The summed E-state index contributed by atoms with van der Waals surface area (Å²) in [5.41, 5.74) is 0. The summed E-state index contributed by atoms with van der Waals surface area (Å²) in [4.78, 5) is 10.9. The summed E-state index contributed by atoms with van der Waals surface area (Å²) in [7, 11) is 0. The van der Waals surface area contributed by atoms with Gasteiger partial charge in [0.05, 0.1) is 13.2 Å². The predicted molar refractivity (Wildman–Crippen MR) is 72.2 cm³/mol. The molecule has 0 aromatic carbocycles. The number of ether oxygens (including phenoxy) is 1. The Kier molecular flexibility index (Phi) is 5.16. The summed E-state index contributed by atoms with van der Waals surface area (Å²) in [6.07, 6.45) is 0.790. The fraction of sp³-hybridized carbons (Fsp3) is 0.667. The monoisotopic (exact) mass is 270 g/mol.